The number of hydrogen-bond donors (Lipinski definition) is 0. The lowest BCUT2D eigenvalue weighted by atomic mass is 9.76. The topological polar surface area (TPSA) is 15.5 Å². The molecule has 0 N–H and O–H groups in total. The first-order chi connectivity index (χ1) is 22.1. The lowest BCUT2D eigenvalue weighted by Gasteiger charge is -2.33. The van der Waals surface area contributed by atoms with Crippen molar-refractivity contribution >= 4 is 5.84 Å². The molecule has 0 spiro atoms. The SMILES string of the molecule is C[N+]1=C([C@@](C)(CCCCOCc2ccccc2)c2ccccc2)N(Cc2ccccc2)[C@@H](c2ccccc2)[C@@H]1c1ccccc1.[I-]. The number of amidine groups is 1. The third kappa shape index (κ3) is 7.62. The van der Waals surface area contributed by atoms with Crippen LogP contribution in [0.3, 0.4) is 0 Å². The van der Waals surface area contributed by atoms with Gasteiger partial charge in [-0.25, -0.2) is 4.90 Å². The van der Waals surface area contributed by atoms with E-state index in [-0.39, 0.29) is 41.5 Å². The predicted octanol–water partition coefficient (Wildman–Crippen LogP) is 6.37. The van der Waals surface area contributed by atoms with Crippen molar-refractivity contribution in [2.24, 2.45) is 0 Å². The molecule has 3 atom stereocenters. The van der Waals surface area contributed by atoms with Crippen molar-refractivity contribution in [3.8, 4) is 0 Å². The molecule has 0 radical (unpaired) electrons. The summed E-state index contributed by atoms with van der Waals surface area (Å²) in [5.41, 5.74) is 6.38. The van der Waals surface area contributed by atoms with Crippen LogP contribution in [0.1, 0.15) is 66.1 Å². The Kier molecular flexibility index (Phi) is 11.8. The molecule has 0 unspecified atom stereocenters. The number of likely N-dealkylation sites (N-methyl/N-ethyl adjacent to an activating group) is 1. The summed E-state index contributed by atoms with van der Waals surface area (Å²) >= 11 is 0. The monoisotopic (exact) mass is 720 g/mol. The first-order valence-electron chi connectivity index (χ1n) is 16.3. The van der Waals surface area contributed by atoms with Crippen LogP contribution in [0.15, 0.2) is 152 Å². The van der Waals surface area contributed by atoms with E-state index in [1.165, 1.54) is 33.7 Å². The van der Waals surface area contributed by atoms with Gasteiger partial charge in [0.2, 0.25) is 0 Å². The van der Waals surface area contributed by atoms with Gasteiger partial charge in [-0.2, -0.15) is 0 Å². The average Bonchev–Trinajstić information content (AvgIpc) is 3.39. The van der Waals surface area contributed by atoms with Gasteiger partial charge in [0.15, 0.2) is 12.1 Å². The molecule has 5 aromatic carbocycles. The maximum atomic E-state index is 6.11. The Morgan fingerprint density at radius 3 is 1.72 bits per heavy atom. The van der Waals surface area contributed by atoms with Gasteiger partial charge in [-0.15, -0.1) is 0 Å². The van der Waals surface area contributed by atoms with Gasteiger partial charge in [-0.05, 0) is 42.9 Å². The number of nitrogens with zero attached hydrogens (tertiary/aromatic N) is 2. The molecule has 0 aliphatic carbocycles. The summed E-state index contributed by atoms with van der Waals surface area (Å²) in [6.07, 6.45) is 3.12. The van der Waals surface area contributed by atoms with Crippen molar-refractivity contribution in [1.82, 2.24) is 4.90 Å². The van der Waals surface area contributed by atoms with E-state index in [1.807, 2.05) is 0 Å². The van der Waals surface area contributed by atoms with Crippen molar-refractivity contribution in [3.63, 3.8) is 0 Å². The van der Waals surface area contributed by atoms with Gasteiger partial charge in [0.25, 0.3) is 5.84 Å². The Morgan fingerprint density at radius 1 is 0.630 bits per heavy atom. The van der Waals surface area contributed by atoms with Gasteiger partial charge in [0.1, 0.15) is 6.54 Å². The van der Waals surface area contributed by atoms with E-state index in [4.69, 9.17) is 4.74 Å². The Hall–Kier alpha value is -3.74. The number of benzene rings is 5. The van der Waals surface area contributed by atoms with Crippen molar-refractivity contribution in [2.45, 2.75) is 56.8 Å². The molecule has 5 aromatic rings. The molecule has 1 aliphatic heterocycles. The second-order valence-electron chi connectivity index (χ2n) is 12.5. The molecule has 46 heavy (non-hydrogen) atoms. The molecule has 0 bridgehead atoms. The summed E-state index contributed by atoms with van der Waals surface area (Å²) in [6.45, 7) is 4.73. The molecular formula is C42H45IN2O. The first kappa shape index (κ1) is 33.6. The quantitative estimate of drug-likeness (QED) is 0.0799. The zero-order chi connectivity index (χ0) is 30.9. The van der Waals surface area contributed by atoms with E-state index < -0.39 is 0 Å². The summed E-state index contributed by atoms with van der Waals surface area (Å²) in [7, 11) is 2.32. The number of rotatable bonds is 13. The van der Waals surface area contributed by atoms with Gasteiger partial charge in [0, 0.05) is 17.7 Å². The maximum Gasteiger partial charge on any atom is 0.258 e. The first-order valence-corrected chi connectivity index (χ1v) is 16.3. The molecule has 1 heterocycles. The maximum absolute atomic E-state index is 6.11. The summed E-state index contributed by atoms with van der Waals surface area (Å²) in [5.74, 6) is 1.38. The van der Waals surface area contributed by atoms with E-state index >= 15 is 0 Å². The predicted molar refractivity (Wildman–Crippen MR) is 185 cm³/mol. The van der Waals surface area contributed by atoms with Crippen LogP contribution in [-0.4, -0.2) is 29.0 Å². The van der Waals surface area contributed by atoms with E-state index in [9.17, 15) is 0 Å². The van der Waals surface area contributed by atoms with Gasteiger partial charge in [-0.1, -0.05) is 152 Å². The summed E-state index contributed by atoms with van der Waals surface area (Å²) in [5, 5.41) is 0. The zero-order valence-electron chi connectivity index (χ0n) is 27.0. The van der Waals surface area contributed by atoms with E-state index in [2.05, 4.69) is 175 Å². The second kappa shape index (κ2) is 16.2. The molecule has 6 rings (SSSR count). The third-order valence-corrected chi connectivity index (χ3v) is 9.37. The Morgan fingerprint density at radius 2 is 1.13 bits per heavy atom. The Balaban J connectivity index is 0.00000417. The molecular weight excluding hydrogens is 675 g/mol. The molecule has 4 heteroatoms. The molecule has 0 saturated heterocycles. The minimum atomic E-state index is -0.208. The highest BCUT2D eigenvalue weighted by Gasteiger charge is 2.54. The van der Waals surface area contributed by atoms with Crippen LogP contribution in [0, 0.1) is 0 Å². The largest absolute Gasteiger partial charge is 1.00 e. The number of hydrogen-bond acceptors (Lipinski definition) is 2. The minimum absolute atomic E-state index is 0. The highest BCUT2D eigenvalue weighted by atomic mass is 127. The molecule has 0 amide bonds. The second-order valence-corrected chi connectivity index (χ2v) is 12.5. The molecule has 1 aliphatic rings. The summed E-state index contributed by atoms with van der Waals surface area (Å²) in [6, 6.07) is 55.1. The van der Waals surface area contributed by atoms with Crippen LogP contribution < -0.4 is 24.0 Å². The summed E-state index contributed by atoms with van der Waals surface area (Å²) in [4.78, 5) is 2.71. The van der Waals surface area contributed by atoms with Crippen LogP contribution in [-0.2, 0) is 23.3 Å². The van der Waals surface area contributed by atoms with Crippen molar-refractivity contribution in [1.29, 1.82) is 0 Å². The molecule has 0 fully saturated rings. The van der Waals surface area contributed by atoms with Crippen LogP contribution in [0.2, 0.25) is 0 Å². The fourth-order valence-corrected chi connectivity index (χ4v) is 7.21. The molecule has 0 aromatic heterocycles. The highest BCUT2D eigenvalue weighted by molar-refractivity contribution is 5.90. The lowest BCUT2D eigenvalue weighted by molar-refractivity contribution is -0.541. The molecule has 0 saturated carbocycles. The minimum Gasteiger partial charge on any atom is -1.00 e. The van der Waals surface area contributed by atoms with Crippen LogP contribution in [0.25, 0.3) is 0 Å². The zero-order valence-corrected chi connectivity index (χ0v) is 29.2. The number of unbranched alkanes of at least 4 members (excludes halogenated alkanes) is 1. The average molecular weight is 721 g/mol. The van der Waals surface area contributed by atoms with Crippen LogP contribution in [0.5, 0.6) is 0 Å². The highest BCUT2D eigenvalue weighted by Crippen LogP contribution is 2.47. The summed E-state index contributed by atoms with van der Waals surface area (Å²) < 4.78 is 8.70. The number of halogens is 1. The van der Waals surface area contributed by atoms with Crippen molar-refractivity contribution < 1.29 is 33.3 Å². The van der Waals surface area contributed by atoms with Crippen molar-refractivity contribution in [3.05, 3.63) is 179 Å². The van der Waals surface area contributed by atoms with E-state index in [0.29, 0.717) is 6.61 Å². The fraction of sp³-hybridized carbons (Fsp3) is 0.262. The van der Waals surface area contributed by atoms with Gasteiger partial charge in [-0.3, -0.25) is 4.58 Å². The van der Waals surface area contributed by atoms with Gasteiger partial charge >= 0.3 is 0 Å². The van der Waals surface area contributed by atoms with E-state index in [0.717, 1.165) is 32.4 Å². The van der Waals surface area contributed by atoms with Gasteiger partial charge < -0.3 is 28.7 Å². The smallest absolute Gasteiger partial charge is 0.258 e. The standard InChI is InChI=1S/C42H45N2O.HI/c1-42(38-28-16-7-17-29-38,30-18-19-31-45-33-35-22-10-4-11-23-35)41-43(2)39(36-24-12-5-13-25-36)40(37-26-14-6-15-27-37)44(41)32-34-20-8-3-9-21-34;/h3-17,20-29,39-40H,18-19,30-33H2,1-2H3;1H/q+1;/p-1/t39-,40-,42-;/m0./s1. The Labute approximate surface area is 292 Å². The van der Waals surface area contributed by atoms with Gasteiger partial charge in [0.05, 0.1) is 19.1 Å². The van der Waals surface area contributed by atoms with Crippen LogP contribution in [0.4, 0.5) is 0 Å². The molecule has 236 valence electrons. The fourth-order valence-electron chi connectivity index (χ4n) is 7.21. The Bertz CT molecular complexity index is 1650. The normalized spacial score (nSPS) is 17.4. The van der Waals surface area contributed by atoms with E-state index in [1.54, 1.807) is 0 Å². The number of ether oxygens (including phenoxy) is 1. The van der Waals surface area contributed by atoms with Crippen molar-refractivity contribution in [2.75, 3.05) is 13.7 Å². The lowest BCUT2D eigenvalue weighted by Crippen LogP contribution is -3.00. The molecule has 3 nitrogen and oxygen atoms in total. The van der Waals surface area contributed by atoms with Crippen LogP contribution >= 0.6 is 0 Å². The third-order valence-electron chi connectivity index (χ3n) is 9.37.